The molecule has 1 atom stereocenters. The lowest BCUT2D eigenvalue weighted by Crippen LogP contribution is -2.17. The van der Waals surface area contributed by atoms with E-state index in [1.807, 2.05) is 43.3 Å². The first kappa shape index (κ1) is 16.7. The van der Waals surface area contributed by atoms with Crippen molar-refractivity contribution >= 4 is 23.1 Å². The summed E-state index contributed by atoms with van der Waals surface area (Å²) in [6.45, 7) is 4.15. The molecule has 0 saturated heterocycles. The Labute approximate surface area is 137 Å². The van der Waals surface area contributed by atoms with Crippen LogP contribution in [0.2, 0.25) is 0 Å². The highest BCUT2D eigenvalue weighted by atomic mass is 16.1. The number of hydrogen-bond acceptors (Lipinski definition) is 5. The lowest BCUT2D eigenvalue weighted by Gasteiger charge is -2.13. The molecule has 1 amide bonds. The van der Waals surface area contributed by atoms with E-state index < -0.39 is 0 Å². The molecule has 23 heavy (non-hydrogen) atoms. The number of carbonyl (C=O) groups excluding carboxylic acids is 1. The van der Waals surface area contributed by atoms with Gasteiger partial charge in [0.15, 0.2) is 0 Å². The maximum atomic E-state index is 12.3. The van der Waals surface area contributed by atoms with E-state index >= 15 is 0 Å². The number of aromatic nitrogens is 2. The van der Waals surface area contributed by atoms with Gasteiger partial charge < -0.3 is 15.5 Å². The summed E-state index contributed by atoms with van der Waals surface area (Å²) in [7, 11) is 3.95. The Morgan fingerprint density at radius 1 is 1.22 bits per heavy atom. The molecule has 0 aliphatic rings. The maximum Gasteiger partial charge on any atom is 0.274 e. The van der Waals surface area contributed by atoms with Crippen LogP contribution in [0.5, 0.6) is 0 Å². The minimum Gasteiger partial charge on any atom is -0.378 e. The lowest BCUT2D eigenvalue weighted by atomic mass is 10.2. The minimum absolute atomic E-state index is 0.253. The Kier molecular flexibility index (Phi) is 5.51. The van der Waals surface area contributed by atoms with Gasteiger partial charge in [-0.1, -0.05) is 6.92 Å². The molecule has 0 saturated carbocycles. The Morgan fingerprint density at radius 2 is 1.91 bits per heavy atom. The molecule has 0 aliphatic carbocycles. The standard InChI is InChI=1S/C17H23N5O/c1-5-12(2)20-16-10-15(18-11-19-16)17(23)21-13-6-8-14(9-7-13)22(3)4/h6-12H,5H2,1-4H3,(H,21,23)(H,18,19,20). The molecule has 0 bridgehead atoms. The SMILES string of the molecule is CCC(C)Nc1cc(C(=O)Nc2ccc(N(C)C)cc2)ncn1. The molecule has 1 aromatic heterocycles. The van der Waals surface area contributed by atoms with E-state index in [2.05, 4.69) is 34.4 Å². The first-order valence-electron chi connectivity index (χ1n) is 7.67. The maximum absolute atomic E-state index is 12.3. The molecule has 1 unspecified atom stereocenters. The van der Waals surface area contributed by atoms with Crippen molar-refractivity contribution < 1.29 is 4.79 Å². The molecular formula is C17H23N5O. The van der Waals surface area contributed by atoms with Crippen LogP contribution in [0.4, 0.5) is 17.2 Å². The van der Waals surface area contributed by atoms with Crippen molar-refractivity contribution in [3.63, 3.8) is 0 Å². The number of nitrogens with one attached hydrogen (secondary N) is 2. The van der Waals surface area contributed by atoms with Crippen LogP contribution in [0.1, 0.15) is 30.8 Å². The van der Waals surface area contributed by atoms with E-state index in [9.17, 15) is 4.79 Å². The van der Waals surface area contributed by atoms with Gasteiger partial charge >= 0.3 is 0 Å². The average molecular weight is 313 g/mol. The highest BCUT2D eigenvalue weighted by Gasteiger charge is 2.10. The van der Waals surface area contributed by atoms with Crippen molar-refractivity contribution in [3.05, 3.63) is 42.4 Å². The third-order valence-electron chi connectivity index (χ3n) is 3.55. The molecule has 1 heterocycles. The molecule has 1 aromatic carbocycles. The second kappa shape index (κ2) is 7.58. The topological polar surface area (TPSA) is 70.2 Å². The van der Waals surface area contributed by atoms with Crippen molar-refractivity contribution in [1.29, 1.82) is 0 Å². The largest absolute Gasteiger partial charge is 0.378 e. The van der Waals surface area contributed by atoms with Crippen LogP contribution >= 0.6 is 0 Å². The molecule has 0 aliphatic heterocycles. The van der Waals surface area contributed by atoms with Crippen molar-refractivity contribution in [1.82, 2.24) is 9.97 Å². The lowest BCUT2D eigenvalue weighted by molar-refractivity contribution is 0.102. The first-order valence-corrected chi connectivity index (χ1v) is 7.67. The molecular weight excluding hydrogens is 290 g/mol. The van der Waals surface area contributed by atoms with Crippen LogP contribution in [0, 0.1) is 0 Å². The van der Waals surface area contributed by atoms with Gasteiger partial charge in [0.05, 0.1) is 0 Å². The van der Waals surface area contributed by atoms with Crippen LogP contribution in [0.25, 0.3) is 0 Å². The Morgan fingerprint density at radius 3 is 2.52 bits per heavy atom. The summed E-state index contributed by atoms with van der Waals surface area (Å²) in [6, 6.07) is 9.59. The van der Waals surface area contributed by atoms with E-state index in [1.165, 1.54) is 6.33 Å². The molecule has 6 heteroatoms. The van der Waals surface area contributed by atoms with Gasteiger partial charge in [-0.2, -0.15) is 0 Å². The van der Waals surface area contributed by atoms with Crippen LogP contribution in [-0.4, -0.2) is 36.0 Å². The summed E-state index contributed by atoms with van der Waals surface area (Å²) < 4.78 is 0. The van der Waals surface area contributed by atoms with E-state index in [4.69, 9.17) is 0 Å². The second-order valence-electron chi connectivity index (χ2n) is 5.64. The minimum atomic E-state index is -0.253. The zero-order valence-corrected chi connectivity index (χ0v) is 14.0. The predicted molar refractivity (Wildman–Crippen MR) is 94.1 cm³/mol. The van der Waals surface area contributed by atoms with Gasteiger partial charge in [-0.05, 0) is 37.6 Å². The van der Waals surface area contributed by atoms with E-state index in [0.29, 0.717) is 17.6 Å². The number of carbonyl (C=O) groups is 1. The highest BCUT2D eigenvalue weighted by molar-refractivity contribution is 6.03. The number of nitrogens with zero attached hydrogens (tertiary/aromatic N) is 3. The fourth-order valence-electron chi connectivity index (χ4n) is 1.95. The molecule has 2 N–H and O–H groups in total. The van der Waals surface area contributed by atoms with Crippen LogP contribution in [0.15, 0.2) is 36.7 Å². The monoisotopic (exact) mass is 313 g/mol. The van der Waals surface area contributed by atoms with Crippen molar-refractivity contribution in [2.45, 2.75) is 26.3 Å². The summed E-state index contributed by atoms with van der Waals surface area (Å²) in [6.07, 6.45) is 2.37. The number of rotatable bonds is 6. The number of benzene rings is 1. The normalized spacial score (nSPS) is 11.7. The van der Waals surface area contributed by atoms with Gasteiger partial charge in [-0.25, -0.2) is 9.97 Å². The highest BCUT2D eigenvalue weighted by Crippen LogP contribution is 2.16. The van der Waals surface area contributed by atoms with Gasteiger partial charge in [0.2, 0.25) is 0 Å². The number of anilines is 3. The predicted octanol–water partition coefficient (Wildman–Crippen LogP) is 3.01. The number of hydrogen-bond donors (Lipinski definition) is 2. The smallest absolute Gasteiger partial charge is 0.274 e. The third kappa shape index (κ3) is 4.67. The molecule has 2 aromatic rings. The number of amides is 1. The van der Waals surface area contributed by atoms with Gasteiger partial charge in [0, 0.05) is 37.6 Å². The van der Waals surface area contributed by atoms with Gasteiger partial charge in [0.1, 0.15) is 17.8 Å². The summed E-state index contributed by atoms with van der Waals surface area (Å²) >= 11 is 0. The van der Waals surface area contributed by atoms with E-state index in [0.717, 1.165) is 17.8 Å². The van der Waals surface area contributed by atoms with Crippen LogP contribution < -0.4 is 15.5 Å². The average Bonchev–Trinajstić information content (AvgIpc) is 2.55. The molecule has 0 spiro atoms. The zero-order valence-electron chi connectivity index (χ0n) is 14.0. The van der Waals surface area contributed by atoms with Crippen molar-refractivity contribution in [2.24, 2.45) is 0 Å². The first-order chi connectivity index (χ1) is 11.0. The quantitative estimate of drug-likeness (QED) is 0.858. The van der Waals surface area contributed by atoms with Gasteiger partial charge in [-0.15, -0.1) is 0 Å². The summed E-state index contributed by atoms with van der Waals surface area (Å²) in [5.41, 5.74) is 2.14. The Bertz CT molecular complexity index is 654. The van der Waals surface area contributed by atoms with Crippen molar-refractivity contribution in [2.75, 3.05) is 29.6 Å². The van der Waals surface area contributed by atoms with Gasteiger partial charge in [0.25, 0.3) is 5.91 Å². The van der Waals surface area contributed by atoms with Crippen LogP contribution in [-0.2, 0) is 0 Å². The Balaban J connectivity index is 2.06. The van der Waals surface area contributed by atoms with Crippen molar-refractivity contribution in [3.8, 4) is 0 Å². The third-order valence-corrected chi connectivity index (χ3v) is 3.55. The fraction of sp³-hybridized carbons (Fsp3) is 0.353. The van der Waals surface area contributed by atoms with E-state index in [1.54, 1.807) is 6.07 Å². The molecule has 122 valence electrons. The second-order valence-corrected chi connectivity index (χ2v) is 5.64. The van der Waals surface area contributed by atoms with Gasteiger partial charge in [-0.3, -0.25) is 4.79 Å². The molecule has 2 rings (SSSR count). The zero-order chi connectivity index (χ0) is 16.8. The summed E-state index contributed by atoms with van der Waals surface area (Å²) in [5, 5.41) is 6.08. The summed E-state index contributed by atoms with van der Waals surface area (Å²) in [4.78, 5) is 22.5. The van der Waals surface area contributed by atoms with Crippen LogP contribution in [0.3, 0.4) is 0 Å². The fourth-order valence-corrected chi connectivity index (χ4v) is 1.95. The summed E-state index contributed by atoms with van der Waals surface area (Å²) in [5.74, 6) is 0.402. The Hall–Kier alpha value is -2.63. The molecule has 0 fully saturated rings. The molecule has 6 nitrogen and oxygen atoms in total. The van der Waals surface area contributed by atoms with E-state index in [-0.39, 0.29) is 5.91 Å². The molecule has 0 radical (unpaired) electrons.